The third kappa shape index (κ3) is 3.23. The SMILES string of the molecule is COC(=O)c1ccnc(Oc2ccc(C)cc2Cl)c1. The number of ether oxygens (including phenoxy) is 2. The molecule has 0 amide bonds. The maximum absolute atomic E-state index is 11.4. The molecule has 0 radical (unpaired) electrons. The van der Waals surface area contributed by atoms with Crippen molar-refractivity contribution in [1.29, 1.82) is 0 Å². The van der Waals surface area contributed by atoms with E-state index in [1.165, 1.54) is 19.4 Å². The maximum Gasteiger partial charge on any atom is 0.338 e. The van der Waals surface area contributed by atoms with Crippen LogP contribution in [-0.2, 0) is 4.74 Å². The Bertz CT molecular complexity index is 613. The average molecular weight is 278 g/mol. The van der Waals surface area contributed by atoms with Crippen molar-refractivity contribution < 1.29 is 14.3 Å². The molecule has 19 heavy (non-hydrogen) atoms. The quantitative estimate of drug-likeness (QED) is 0.804. The van der Waals surface area contributed by atoms with Crippen LogP contribution in [0.4, 0.5) is 0 Å². The summed E-state index contributed by atoms with van der Waals surface area (Å²) < 4.78 is 10.2. The summed E-state index contributed by atoms with van der Waals surface area (Å²) in [5.74, 6) is 0.331. The molecule has 1 aromatic carbocycles. The van der Waals surface area contributed by atoms with Crippen LogP contribution in [0.15, 0.2) is 36.5 Å². The van der Waals surface area contributed by atoms with Gasteiger partial charge >= 0.3 is 5.97 Å². The number of esters is 1. The predicted molar refractivity (Wildman–Crippen MR) is 71.8 cm³/mol. The third-order valence-corrected chi connectivity index (χ3v) is 2.75. The summed E-state index contributed by atoms with van der Waals surface area (Å²) in [7, 11) is 1.32. The molecule has 2 rings (SSSR count). The van der Waals surface area contributed by atoms with E-state index < -0.39 is 5.97 Å². The van der Waals surface area contributed by atoms with Crippen molar-refractivity contribution in [1.82, 2.24) is 4.98 Å². The first kappa shape index (κ1) is 13.4. The van der Waals surface area contributed by atoms with E-state index in [1.807, 2.05) is 13.0 Å². The fourth-order valence-corrected chi connectivity index (χ4v) is 1.79. The highest BCUT2D eigenvalue weighted by Crippen LogP contribution is 2.29. The molecule has 5 heteroatoms. The zero-order valence-electron chi connectivity index (χ0n) is 10.5. The van der Waals surface area contributed by atoms with Crippen molar-refractivity contribution in [3.05, 3.63) is 52.7 Å². The van der Waals surface area contributed by atoms with Crippen molar-refractivity contribution >= 4 is 17.6 Å². The van der Waals surface area contributed by atoms with Gasteiger partial charge in [0.05, 0.1) is 17.7 Å². The number of nitrogens with zero attached hydrogens (tertiary/aromatic N) is 1. The van der Waals surface area contributed by atoms with E-state index in [9.17, 15) is 4.79 Å². The lowest BCUT2D eigenvalue weighted by molar-refractivity contribution is 0.0600. The number of carbonyl (C=O) groups excluding carboxylic acids is 1. The molecule has 0 aliphatic rings. The Morgan fingerprint density at radius 2 is 2.05 bits per heavy atom. The van der Waals surface area contributed by atoms with Crippen LogP contribution in [0.1, 0.15) is 15.9 Å². The Morgan fingerprint density at radius 1 is 1.26 bits per heavy atom. The largest absolute Gasteiger partial charge is 0.465 e. The van der Waals surface area contributed by atoms with Crippen LogP contribution in [-0.4, -0.2) is 18.1 Å². The molecule has 0 unspecified atom stereocenters. The van der Waals surface area contributed by atoms with Gasteiger partial charge in [0.25, 0.3) is 0 Å². The first-order chi connectivity index (χ1) is 9.10. The van der Waals surface area contributed by atoms with E-state index in [4.69, 9.17) is 16.3 Å². The van der Waals surface area contributed by atoms with Crippen LogP contribution >= 0.6 is 11.6 Å². The van der Waals surface area contributed by atoms with Crippen molar-refractivity contribution in [2.75, 3.05) is 7.11 Å². The topological polar surface area (TPSA) is 48.4 Å². The van der Waals surface area contributed by atoms with Crippen LogP contribution in [0.25, 0.3) is 0 Å². The Balaban J connectivity index is 2.26. The molecule has 0 N–H and O–H groups in total. The van der Waals surface area contributed by atoms with Crippen molar-refractivity contribution in [3.63, 3.8) is 0 Å². The van der Waals surface area contributed by atoms with E-state index in [1.54, 1.807) is 18.2 Å². The number of carbonyl (C=O) groups is 1. The summed E-state index contributed by atoms with van der Waals surface area (Å²) in [5, 5.41) is 0.491. The lowest BCUT2D eigenvalue weighted by Gasteiger charge is -2.08. The molecule has 1 aromatic heterocycles. The number of pyridine rings is 1. The summed E-state index contributed by atoms with van der Waals surface area (Å²) in [6.45, 7) is 1.94. The van der Waals surface area contributed by atoms with E-state index in [0.717, 1.165) is 5.56 Å². The minimum Gasteiger partial charge on any atom is -0.465 e. The summed E-state index contributed by atoms with van der Waals surface area (Å²) in [6, 6.07) is 8.48. The zero-order chi connectivity index (χ0) is 13.8. The van der Waals surface area contributed by atoms with Gasteiger partial charge in [0.1, 0.15) is 5.75 Å². The number of aromatic nitrogens is 1. The van der Waals surface area contributed by atoms with Gasteiger partial charge in [0.15, 0.2) is 0 Å². The number of hydrogen-bond donors (Lipinski definition) is 0. The van der Waals surface area contributed by atoms with Crippen molar-refractivity contribution in [2.24, 2.45) is 0 Å². The zero-order valence-corrected chi connectivity index (χ0v) is 11.3. The monoisotopic (exact) mass is 277 g/mol. The molecule has 0 saturated carbocycles. The van der Waals surface area contributed by atoms with Gasteiger partial charge in [-0.05, 0) is 30.7 Å². The van der Waals surface area contributed by atoms with E-state index in [0.29, 0.717) is 16.3 Å². The van der Waals surface area contributed by atoms with Gasteiger partial charge in [-0.2, -0.15) is 0 Å². The number of rotatable bonds is 3. The first-order valence-corrected chi connectivity index (χ1v) is 5.96. The molecule has 0 bridgehead atoms. The highest BCUT2D eigenvalue weighted by molar-refractivity contribution is 6.32. The molecular weight excluding hydrogens is 266 g/mol. The predicted octanol–water partition coefficient (Wildman–Crippen LogP) is 3.62. The minimum absolute atomic E-state index is 0.286. The van der Waals surface area contributed by atoms with E-state index in [2.05, 4.69) is 9.72 Å². The van der Waals surface area contributed by atoms with Gasteiger partial charge in [-0.25, -0.2) is 9.78 Å². The Labute approximate surface area is 115 Å². The van der Waals surface area contributed by atoms with E-state index in [-0.39, 0.29) is 5.88 Å². The fraction of sp³-hybridized carbons (Fsp3) is 0.143. The molecule has 0 aliphatic carbocycles. The van der Waals surface area contributed by atoms with Crippen LogP contribution in [0.5, 0.6) is 11.6 Å². The summed E-state index contributed by atoms with van der Waals surface area (Å²) in [5.41, 5.74) is 1.41. The molecule has 98 valence electrons. The Hall–Kier alpha value is -2.07. The smallest absolute Gasteiger partial charge is 0.338 e. The van der Waals surface area contributed by atoms with Crippen LogP contribution in [0.3, 0.4) is 0 Å². The second kappa shape index (κ2) is 5.71. The van der Waals surface area contributed by atoms with Crippen molar-refractivity contribution in [2.45, 2.75) is 6.92 Å². The Morgan fingerprint density at radius 3 is 2.74 bits per heavy atom. The molecule has 0 fully saturated rings. The second-order valence-corrected chi connectivity index (χ2v) is 4.32. The van der Waals surface area contributed by atoms with Crippen molar-refractivity contribution in [3.8, 4) is 11.6 Å². The molecule has 0 saturated heterocycles. The highest BCUT2D eigenvalue weighted by atomic mass is 35.5. The van der Waals surface area contributed by atoms with E-state index >= 15 is 0 Å². The average Bonchev–Trinajstić information content (AvgIpc) is 2.41. The number of methoxy groups -OCH3 is 1. The Kier molecular flexibility index (Phi) is 4.02. The molecular formula is C14H12ClNO3. The number of aryl methyl sites for hydroxylation is 1. The highest BCUT2D eigenvalue weighted by Gasteiger charge is 2.09. The lowest BCUT2D eigenvalue weighted by Crippen LogP contribution is -2.01. The maximum atomic E-state index is 11.4. The molecule has 0 atom stereocenters. The van der Waals surface area contributed by atoms with Gasteiger partial charge in [-0.3, -0.25) is 0 Å². The van der Waals surface area contributed by atoms with Crippen LogP contribution in [0, 0.1) is 6.92 Å². The fourth-order valence-electron chi connectivity index (χ4n) is 1.51. The normalized spacial score (nSPS) is 10.1. The van der Waals surface area contributed by atoms with Gasteiger partial charge in [0.2, 0.25) is 5.88 Å². The van der Waals surface area contributed by atoms with Crippen LogP contribution in [0.2, 0.25) is 5.02 Å². The summed E-state index contributed by atoms with van der Waals surface area (Å²) >= 11 is 6.06. The van der Waals surface area contributed by atoms with Gasteiger partial charge in [0, 0.05) is 12.3 Å². The third-order valence-electron chi connectivity index (χ3n) is 2.46. The minimum atomic E-state index is -0.442. The summed E-state index contributed by atoms with van der Waals surface area (Å²) in [6.07, 6.45) is 1.48. The standard InChI is InChI=1S/C14H12ClNO3/c1-9-3-4-12(11(15)7-9)19-13-8-10(5-6-16-13)14(17)18-2/h3-8H,1-2H3. The van der Waals surface area contributed by atoms with Gasteiger partial charge in [-0.1, -0.05) is 17.7 Å². The molecule has 1 heterocycles. The first-order valence-electron chi connectivity index (χ1n) is 5.58. The molecule has 2 aromatic rings. The van der Waals surface area contributed by atoms with Gasteiger partial charge < -0.3 is 9.47 Å². The number of benzene rings is 1. The summed E-state index contributed by atoms with van der Waals surface area (Å²) in [4.78, 5) is 15.4. The second-order valence-electron chi connectivity index (χ2n) is 3.91. The molecule has 0 aliphatic heterocycles. The van der Waals surface area contributed by atoms with Gasteiger partial charge in [-0.15, -0.1) is 0 Å². The van der Waals surface area contributed by atoms with Crippen LogP contribution < -0.4 is 4.74 Å². The lowest BCUT2D eigenvalue weighted by atomic mass is 10.2. The number of halogens is 1. The molecule has 4 nitrogen and oxygen atoms in total. The molecule has 0 spiro atoms. The number of hydrogen-bond acceptors (Lipinski definition) is 4.